The molecule has 118 valence electrons. The summed E-state index contributed by atoms with van der Waals surface area (Å²) < 4.78 is 0. The molecule has 1 heterocycles. The van der Waals surface area contributed by atoms with Crippen molar-refractivity contribution in [2.75, 3.05) is 16.8 Å². The van der Waals surface area contributed by atoms with Gasteiger partial charge < -0.3 is 10.2 Å². The van der Waals surface area contributed by atoms with Crippen LogP contribution in [-0.2, 0) is 4.79 Å². The van der Waals surface area contributed by atoms with Gasteiger partial charge in [0.05, 0.1) is 0 Å². The van der Waals surface area contributed by atoms with E-state index in [9.17, 15) is 9.59 Å². The van der Waals surface area contributed by atoms with Gasteiger partial charge in [-0.25, -0.2) is 0 Å². The maximum atomic E-state index is 12.5. The van der Waals surface area contributed by atoms with E-state index < -0.39 is 0 Å². The van der Waals surface area contributed by atoms with Gasteiger partial charge in [-0.15, -0.1) is 0 Å². The molecule has 5 heteroatoms. The fraction of sp³-hybridized carbons (Fsp3) is 0.222. The van der Waals surface area contributed by atoms with Crippen LogP contribution < -0.4 is 10.2 Å². The first kappa shape index (κ1) is 15.6. The Balaban J connectivity index is 1.82. The molecule has 0 radical (unpaired) electrons. The zero-order valence-corrected chi connectivity index (χ0v) is 13.6. The van der Waals surface area contributed by atoms with E-state index in [0.29, 0.717) is 29.2 Å². The Morgan fingerprint density at radius 3 is 2.78 bits per heavy atom. The molecule has 0 aromatic heterocycles. The molecule has 1 aliphatic heterocycles. The summed E-state index contributed by atoms with van der Waals surface area (Å²) in [6.45, 7) is 2.61. The van der Waals surface area contributed by atoms with E-state index in [2.05, 4.69) is 5.32 Å². The molecule has 2 amide bonds. The lowest BCUT2D eigenvalue weighted by atomic mass is 10.1. The molecule has 0 spiro atoms. The number of rotatable bonds is 3. The van der Waals surface area contributed by atoms with E-state index in [4.69, 9.17) is 11.6 Å². The number of hydrogen-bond acceptors (Lipinski definition) is 2. The summed E-state index contributed by atoms with van der Waals surface area (Å²) in [4.78, 5) is 26.0. The van der Waals surface area contributed by atoms with Gasteiger partial charge >= 0.3 is 0 Å². The molecule has 0 saturated carbocycles. The predicted octanol–water partition coefficient (Wildman–Crippen LogP) is 4.03. The largest absolute Gasteiger partial charge is 0.322 e. The molecule has 0 bridgehead atoms. The third kappa shape index (κ3) is 3.37. The van der Waals surface area contributed by atoms with Gasteiger partial charge in [0.2, 0.25) is 5.91 Å². The van der Waals surface area contributed by atoms with Crippen molar-refractivity contribution in [3.05, 3.63) is 58.6 Å². The Kier molecular flexibility index (Phi) is 4.35. The standard InChI is InChI=1S/C18H17ClN2O2/c1-12-7-8-14(19)11-16(12)20-18(23)13-4-2-5-15(10-13)21-9-3-6-17(21)22/h2,4-5,7-8,10-11H,3,6,9H2,1H3,(H,20,23). The average Bonchev–Trinajstić information content (AvgIpc) is 2.97. The van der Waals surface area contributed by atoms with Crippen LogP contribution in [0.25, 0.3) is 0 Å². The van der Waals surface area contributed by atoms with Crippen LogP contribution in [-0.4, -0.2) is 18.4 Å². The molecule has 1 N–H and O–H groups in total. The number of carbonyl (C=O) groups is 2. The zero-order chi connectivity index (χ0) is 16.4. The lowest BCUT2D eigenvalue weighted by Gasteiger charge is -2.16. The van der Waals surface area contributed by atoms with Crippen LogP contribution in [0.3, 0.4) is 0 Å². The van der Waals surface area contributed by atoms with Crippen molar-refractivity contribution in [1.29, 1.82) is 0 Å². The number of benzene rings is 2. The molecule has 23 heavy (non-hydrogen) atoms. The van der Waals surface area contributed by atoms with E-state index in [1.165, 1.54) is 0 Å². The van der Waals surface area contributed by atoms with E-state index in [1.807, 2.05) is 19.1 Å². The first-order chi connectivity index (χ1) is 11.0. The van der Waals surface area contributed by atoms with Crippen molar-refractivity contribution >= 4 is 34.8 Å². The molecule has 1 fully saturated rings. The van der Waals surface area contributed by atoms with Gasteiger partial charge in [0.25, 0.3) is 5.91 Å². The van der Waals surface area contributed by atoms with E-state index in [1.54, 1.807) is 35.2 Å². The Hall–Kier alpha value is -2.33. The van der Waals surface area contributed by atoms with Crippen LogP contribution in [0, 0.1) is 6.92 Å². The third-order valence-corrected chi connectivity index (χ3v) is 4.18. The number of halogens is 1. The monoisotopic (exact) mass is 328 g/mol. The highest BCUT2D eigenvalue weighted by Gasteiger charge is 2.22. The first-order valence-corrected chi connectivity index (χ1v) is 7.90. The van der Waals surface area contributed by atoms with Gasteiger partial charge in [-0.3, -0.25) is 9.59 Å². The first-order valence-electron chi connectivity index (χ1n) is 7.52. The van der Waals surface area contributed by atoms with E-state index >= 15 is 0 Å². The van der Waals surface area contributed by atoms with Gasteiger partial charge in [-0.1, -0.05) is 23.7 Å². The molecule has 1 aliphatic rings. The van der Waals surface area contributed by atoms with Crippen molar-refractivity contribution in [3.63, 3.8) is 0 Å². The van der Waals surface area contributed by atoms with Crippen LogP contribution in [0.15, 0.2) is 42.5 Å². The summed E-state index contributed by atoms with van der Waals surface area (Å²) in [7, 11) is 0. The van der Waals surface area contributed by atoms with Crippen molar-refractivity contribution in [3.8, 4) is 0 Å². The summed E-state index contributed by atoms with van der Waals surface area (Å²) in [5.41, 5.74) is 2.91. The molecule has 3 rings (SSSR count). The molecule has 0 unspecified atom stereocenters. The Morgan fingerprint density at radius 1 is 1.22 bits per heavy atom. The smallest absolute Gasteiger partial charge is 0.255 e. The van der Waals surface area contributed by atoms with E-state index in [0.717, 1.165) is 17.7 Å². The quantitative estimate of drug-likeness (QED) is 0.924. The normalized spacial score (nSPS) is 14.2. The summed E-state index contributed by atoms with van der Waals surface area (Å²) in [5.74, 6) is -0.114. The van der Waals surface area contributed by atoms with Crippen LogP contribution in [0.5, 0.6) is 0 Å². The fourth-order valence-corrected chi connectivity index (χ4v) is 2.83. The number of nitrogens with one attached hydrogen (secondary N) is 1. The average molecular weight is 329 g/mol. The summed E-state index contributed by atoms with van der Waals surface area (Å²) >= 11 is 5.98. The Bertz CT molecular complexity index is 773. The van der Waals surface area contributed by atoms with E-state index in [-0.39, 0.29) is 11.8 Å². The lowest BCUT2D eigenvalue weighted by molar-refractivity contribution is -0.117. The van der Waals surface area contributed by atoms with Gasteiger partial charge in [0.15, 0.2) is 0 Å². The van der Waals surface area contributed by atoms with Crippen molar-refractivity contribution in [2.24, 2.45) is 0 Å². The number of anilines is 2. The minimum Gasteiger partial charge on any atom is -0.322 e. The molecule has 0 aliphatic carbocycles. The molecular formula is C18H17ClN2O2. The third-order valence-electron chi connectivity index (χ3n) is 3.94. The molecule has 2 aromatic rings. The second kappa shape index (κ2) is 6.42. The van der Waals surface area contributed by atoms with Crippen LogP contribution in [0.1, 0.15) is 28.8 Å². The van der Waals surface area contributed by atoms with Gasteiger partial charge in [0.1, 0.15) is 0 Å². The molecule has 1 saturated heterocycles. The van der Waals surface area contributed by atoms with Crippen LogP contribution >= 0.6 is 11.6 Å². The molecule has 0 atom stereocenters. The van der Waals surface area contributed by atoms with Gasteiger partial charge in [-0.2, -0.15) is 0 Å². The highest BCUT2D eigenvalue weighted by Crippen LogP contribution is 2.24. The SMILES string of the molecule is Cc1ccc(Cl)cc1NC(=O)c1cccc(N2CCCC2=O)c1. The van der Waals surface area contributed by atoms with Crippen molar-refractivity contribution < 1.29 is 9.59 Å². The summed E-state index contributed by atoms with van der Waals surface area (Å²) in [6, 6.07) is 12.5. The summed E-state index contributed by atoms with van der Waals surface area (Å²) in [5, 5.41) is 3.44. The minimum absolute atomic E-state index is 0.105. The van der Waals surface area contributed by atoms with Gasteiger partial charge in [-0.05, 0) is 49.2 Å². The highest BCUT2D eigenvalue weighted by molar-refractivity contribution is 6.31. The lowest BCUT2D eigenvalue weighted by Crippen LogP contribution is -2.24. The molecule has 2 aromatic carbocycles. The maximum Gasteiger partial charge on any atom is 0.255 e. The molecular weight excluding hydrogens is 312 g/mol. The Labute approximate surface area is 140 Å². The summed E-state index contributed by atoms with van der Waals surface area (Å²) in [6.07, 6.45) is 1.43. The second-order valence-corrected chi connectivity index (χ2v) is 6.05. The van der Waals surface area contributed by atoms with Crippen molar-refractivity contribution in [2.45, 2.75) is 19.8 Å². The van der Waals surface area contributed by atoms with Crippen LogP contribution in [0.4, 0.5) is 11.4 Å². The highest BCUT2D eigenvalue weighted by atomic mass is 35.5. The van der Waals surface area contributed by atoms with Crippen molar-refractivity contribution in [1.82, 2.24) is 0 Å². The number of amides is 2. The van der Waals surface area contributed by atoms with Crippen LogP contribution in [0.2, 0.25) is 5.02 Å². The minimum atomic E-state index is -0.219. The number of aryl methyl sites for hydroxylation is 1. The predicted molar refractivity (Wildman–Crippen MR) is 92.2 cm³/mol. The number of hydrogen-bond donors (Lipinski definition) is 1. The second-order valence-electron chi connectivity index (χ2n) is 5.61. The zero-order valence-electron chi connectivity index (χ0n) is 12.8. The number of nitrogens with zero attached hydrogens (tertiary/aromatic N) is 1. The number of carbonyl (C=O) groups excluding carboxylic acids is 2. The fourth-order valence-electron chi connectivity index (χ4n) is 2.66. The molecule has 4 nitrogen and oxygen atoms in total. The maximum absolute atomic E-state index is 12.5. The topological polar surface area (TPSA) is 49.4 Å². The Morgan fingerprint density at radius 2 is 2.04 bits per heavy atom. The van der Waals surface area contributed by atoms with Gasteiger partial charge in [0, 0.05) is 34.9 Å².